The van der Waals surface area contributed by atoms with Gasteiger partial charge in [-0.15, -0.1) is 0 Å². The van der Waals surface area contributed by atoms with Gasteiger partial charge in [0, 0.05) is 6.20 Å². The highest BCUT2D eigenvalue weighted by molar-refractivity contribution is 5.92. The van der Waals surface area contributed by atoms with Gasteiger partial charge in [0.1, 0.15) is 5.69 Å². The van der Waals surface area contributed by atoms with Crippen LogP contribution in [0.15, 0.2) is 17.2 Å². The number of rotatable bonds is 3. The summed E-state index contributed by atoms with van der Waals surface area (Å²) in [6, 6.07) is 0. The first-order valence-corrected chi connectivity index (χ1v) is 6.53. The van der Waals surface area contributed by atoms with Gasteiger partial charge in [-0.05, 0) is 18.8 Å². The highest BCUT2D eigenvalue weighted by Gasteiger charge is 2.36. The molecule has 1 amide bonds. The fourth-order valence-corrected chi connectivity index (χ4v) is 2.73. The molecule has 1 aromatic heterocycles. The highest BCUT2D eigenvalue weighted by Crippen LogP contribution is 2.32. The number of carbonyl (C=O) groups is 1. The molecule has 1 fully saturated rings. The van der Waals surface area contributed by atoms with E-state index in [1.807, 2.05) is 0 Å². The van der Waals surface area contributed by atoms with Crippen molar-refractivity contribution in [3.63, 3.8) is 0 Å². The number of aliphatic hydroxyl groups is 1. The van der Waals surface area contributed by atoms with Crippen LogP contribution in [0.3, 0.4) is 0 Å². The van der Waals surface area contributed by atoms with Crippen LogP contribution in [0.2, 0.25) is 0 Å². The summed E-state index contributed by atoms with van der Waals surface area (Å²) in [5, 5.41) is 12.5. The largest absolute Gasteiger partial charge is 0.394 e. The summed E-state index contributed by atoms with van der Waals surface area (Å²) in [4.78, 5) is 29.2. The molecule has 1 heterocycles. The molecule has 1 aliphatic carbocycles. The Morgan fingerprint density at radius 1 is 1.68 bits per heavy atom. The summed E-state index contributed by atoms with van der Waals surface area (Å²) in [6.45, 7) is 2.04. The van der Waals surface area contributed by atoms with Crippen LogP contribution in [-0.2, 0) is 0 Å². The van der Waals surface area contributed by atoms with Crippen molar-refractivity contribution < 1.29 is 9.90 Å². The predicted molar refractivity (Wildman–Crippen MR) is 69.8 cm³/mol. The van der Waals surface area contributed by atoms with E-state index < -0.39 is 5.54 Å². The summed E-state index contributed by atoms with van der Waals surface area (Å²) in [5.41, 5.74) is -0.752. The molecule has 6 nitrogen and oxygen atoms in total. The number of hydrogen-bond donors (Lipinski definition) is 3. The second-order valence-electron chi connectivity index (χ2n) is 5.39. The summed E-state index contributed by atoms with van der Waals surface area (Å²) in [6.07, 6.45) is 6.00. The molecule has 2 rings (SSSR count). The Labute approximate surface area is 111 Å². The number of aromatic nitrogens is 2. The van der Waals surface area contributed by atoms with E-state index in [1.165, 1.54) is 6.20 Å². The van der Waals surface area contributed by atoms with Gasteiger partial charge in [0.2, 0.25) is 0 Å². The van der Waals surface area contributed by atoms with Crippen LogP contribution in [0.4, 0.5) is 0 Å². The molecule has 1 saturated carbocycles. The van der Waals surface area contributed by atoms with Gasteiger partial charge in [-0.2, -0.15) is 0 Å². The first kappa shape index (κ1) is 13.7. The van der Waals surface area contributed by atoms with Gasteiger partial charge in [0.05, 0.1) is 18.3 Å². The van der Waals surface area contributed by atoms with Crippen molar-refractivity contribution in [2.45, 2.75) is 38.1 Å². The van der Waals surface area contributed by atoms with Crippen LogP contribution < -0.4 is 10.9 Å². The molecule has 1 aliphatic rings. The Morgan fingerprint density at radius 2 is 2.47 bits per heavy atom. The van der Waals surface area contributed by atoms with E-state index in [2.05, 4.69) is 22.2 Å². The van der Waals surface area contributed by atoms with Gasteiger partial charge in [0.25, 0.3) is 11.5 Å². The number of carbonyl (C=O) groups excluding carboxylic acids is 1. The molecule has 3 N–H and O–H groups in total. The maximum atomic E-state index is 12.1. The van der Waals surface area contributed by atoms with Crippen molar-refractivity contribution in [2.24, 2.45) is 5.92 Å². The molecule has 19 heavy (non-hydrogen) atoms. The molecule has 0 spiro atoms. The third kappa shape index (κ3) is 3.20. The van der Waals surface area contributed by atoms with Crippen molar-refractivity contribution in [2.75, 3.05) is 6.61 Å². The molecule has 0 saturated heterocycles. The predicted octanol–water partition coefficient (Wildman–Crippen LogP) is 0.441. The van der Waals surface area contributed by atoms with E-state index in [9.17, 15) is 14.7 Å². The lowest BCUT2D eigenvalue weighted by molar-refractivity contribution is 0.0692. The summed E-state index contributed by atoms with van der Waals surface area (Å²) < 4.78 is 0. The average molecular weight is 265 g/mol. The number of aliphatic hydroxyl groups excluding tert-OH is 1. The van der Waals surface area contributed by atoms with Crippen LogP contribution in [-0.4, -0.2) is 33.1 Å². The number of H-pyrrole nitrogens is 1. The van der Waals surface area contributed by atoms with Crippen molar-refractivity contribution in [1.29, 1.82) is 0 Å². The molecule has 0 aromatic carbocycles. The van der Waals surface area contributed by atoms with Crippen LogP contribution in [0, 0.1) is 5.92 Å². The van der Waals surface area contributed by atoms with Gasteiger partial charge in [0.15, 0.2) is 0 Å². The molecule has 104 valence electrons. The van der Waals surface area contributed by atoms with E-state index in [4.69, 9.17) is 0 Å². The standard InChI is InChI=1S/C13H19N3O3/c1-9-3-2-4-13(5-9,8-17)16-12(19)10-6-15-11(18)7-14-10/h6-7,9,17H,2-5,8H2,1H3,(H,15,18)(H,16,19). The van der Waals surface area contributed by atoms with E-state index in [1.54, 1.807) is 0 Å². The Hall–Kier alpha value is -1.69. The number of aromatic amines is 1. The second kappa shape index (κ2) is 5.52. The first-order chi connectivity index (χ1) is 9.04. The molecule has 0 bridgehead atoms. The molecular formula is C13H19N3O3. The minimum Gasteiger partial charge on any atom is -0.394 e. The Kier molecular flexibility index (Phi) is 3.99. The molecule has 0 radical (unpaired) electrons. The third-order valence-electron chi connectivity index (χ3n) is 3.68. The minimum atomic E-state index is -0.563. The SMILES string of the molecule is CC1CCCC(CO)(NC(=O)c2c[nH]c(=O)cn2)C1. The molecular weight excluding hydrogens is 246 g/mol. The quantitative estimate of drug-likeness (QED) is 0.739. The van der Waals surface area contributed by atoms with E-state index in [-0.39, 0.29) is 23.8 Å². The molecule has 2 unspecified atom stereocenters. The lowest BCUT2D eigenvalue weighted by atomic mass is 9.77. The summed E-state index contributed by atoms with van der Waals surface area (Å²) in [5.74, 6) is 0.115. The molecule has 0 aliphatic heterocycles. The normalized spacial score (nSPS) is 26.9. The number of amides is 1. The highest BCUT2D eigenvalue weighted by atomic mass is 16.3. The zero-order chi connectivity index (χ0) is 13.9. The van der Waals surface area contributed by atoms with E-state index >= 15 is 0 Å². The zero-order valence-corrected chi connectivity index (χ0v) is 11.0. The van der Waals surface area contributed by atoms with E-state index in [0.29, 0.717) is 5.92 Å². The second-order valence-corrected chi connectivity index (χ2v) is 5.39. The summed E-state index contributed by atoms with van der Waals surface area (Å²) >= 11 is 0. The molecule has 2 atom stereocenters. The van der Waals surface area contributed by atoms with Crippen molar-refractivity contribution >= 4 is 5.91 Å². The first-order valence-electron chi connectivity index (χ1n) is 6.53. The lowest BCUT2D eigenvalue weighted by Crippen LogP contribution is -2.54. The van der Waals surface area contributed by atoms with Crippen LogP contribution in [0.5, 0.6) is 0 Å². The maximum Gasteiger partial charge on any atom is 0.271 e. The van der Waals surface area contributed by atoms with Gasteiger partial charge in [-0.1, -0.05) is 19.8 Å². The van der Waals surface area contributed by atoms with Crippen molar-refractivity contribution in [3.05, 3.63) is 28.4 Å². The van der Waals surface area contributed by atoms with Gasteiger partial charge < -0.3 is 15.4 Å². The Balaban J connectivity index is 2.11. The fraction of sp³-hybridized carbons (Fsp3) is 0.615. The van der Waals surface area contributed by atoms with Crippen LogP contribution >= 0.6 is 0 Å². The zero-order valence-electron chi connectivity index (χ0n) is 11.0. The van der Waals surface area contributed by atoms with Crippen LogP contribution in [0.1, 0.15) is 43.1 Å². The number of nitrogens with one attached hydrogen (secondary N) is 2. The van der Waals surface area contributed by atoms with Gasteiger partial charge >= 0.3 is 0 Å². The van der Waals surface area contributed by atoms with E-state index in [0.717, 1.165) is 31.9 Å². The fourth-order valence-electron chi connectivity index (χ4n) is 2.73. The van der Waals surface area contributed by atoms with Crippen LogP contribution in [0.25, 0.3) is 0 Å². The lowest BCUT2D eigenvalue weighted by Gasteiger charge is -2.39. The number of nitrogens with zero attached hydrogens (tertiary/aromatic N) is 1. The van der Waals surface area contributed by atoms with Crippen molar-refractivity contribution in [3.8, 4) is 0 Å². The van der Waals surface area contributed by atoms with Crippen molar-refractivity contribution in [1.82, 2.24) is 15.3 Å². The summed E-state index contributed by atoms with van der Waals surface area (Å²) in [7, 11) is 0. The maximum absolute atomic E-state index is 12.1. The molecule has 1 aromatic rings. The number of hydrogen-bond acceptors (Lipinski definition) is 4. The topological polar surface area (TPSA) is 95.1 Å². The minimum absolute atomic E-state index is 0.0770. The Morgan fingerprint density at radius 3 is 3.05 bits per heavy atom. The van der Waals surface area contributed by atoms with Gasteiger partial charge in [-0.3, -0.25) is 9.59 Å². The monoisotopic (exact) mass is 265 g/mol. The average Bonchev–Trinajstić information content (AvgIpc) is 2.39. The third-order valence-corrected chi connectivity index (χ3v) is 3.68. The Bertz CT molecular complexity index is 494. The smallest absolute Gasteiger partial charge is 0.271 e. The molecule has 6 heteroatoms. The van der Waals surface area contributed by atoms with Gasteiger partial charge in [-0.25, -0.2) is 4.98 Å².